The smallest absolute Gasteiger partial charge is 0.172 e. The van der Waals surface area contributed by atoms with Gasteiger partial charge in [-0.05, 0) is 13.3 Å². The van der Waals surface area contributed by atoms with E-state index in [2.05, 4.69) is 6.92 Å². The summed E-state index contributed by atoms with van der Waals surface area (Å²) in [5, 5.41) is 0. The second kappa shape index (κ2) is 3.48. The number of pyridine rings is 1. The zero-order valence-corrected chi connectivity index (χ0v) is 7.79. The van der Waals surface area contributed by atoms with Crippen molar-refractivity contribution in [3.63, 3.8) is 0 Å². The van der Waals surface area contributed by atoms with Gasteiger partial charge in [-0.1, -0.05) is 6.92 Å². The van der Waals surface area contributed by atoms with Gasteiger partial charge in [-0.2, -0.15) is 0 Å². The minimum absolute atomic E-state index is 0.146. The van der Waals surface area contributed by atoms with Crippen LogP contribution in [-0.4, -0.2) is 5.78 Å². The molecular weight excluding hydrogens is 150 g/mol. The van der Waals surface area contributed by atoms with E-state index in [1.54, 1.807) is 6.92 Å². The van der Waals surface area contributed by atoms with Crippen molar-refractivity contribution in [2.45, 2.75) is 20.3 Å². The minimum atomic E-state index is 0.146. The molecule has 0 saturated heterocycles. The van der Waals surface area contributed by atoms with E-state index in [1.165, 1.54) is 0 Å². The molecule has 2 heteroatoms. The van der Waals surface area contributed by atoms with Crippen molar-refractivity contribution in [3.8, 4) is 0 Å². The molecule has 1 rings (SSSR count). The Kier molecular flexibility index (Phi) is 2.58. The summed E-state index contributed by atoms with van der Waals surface area (Å²) in [5.74, 6) is 0.146. The molecule has 2 nitrogen and oxygen atoms in total. The predicted molar refractivity (Wildman–Crippen MR) is 47.0 cm³/mol. The Bertz CT molecular complexity index is 305. The molecule has 64 valence electrons. The molecular formula is C10H14NO+. The average Bonchev–Trinajstić information content (AvgIpc) is 2.03. The summed E-state index contributed by atoms with van der Waals surface area (Å²) in [6.07, 6.45) is 4.80. The second-order valence-electron chi connectivity index (χ2n) is 2.96. The molecule has 0 fully saturated rings. The standard InChI is InChI=1S/C10H14NO/c1-4-9-7-11(3)6-5-10(9)8(2)12/h5-7H,4H2,1-3H3/q+1. The van der Waals surface area contributed by atoms with Crippen LogP contribution in [0.3, 0.4) is 0 Å². The molecule has 0 aliphatic heterocycles. The lowest BCUT2D eigenvalue weighted by atomic mass is 10.1. The zero-order valence-electron chi connectivity index (χ0n) is 7.79. The molecule has 0 aliphatic carbocycles. The molecule has 0 amide bonds. The van der Waals surface area contributed by atoms with Gasteiger partial charge < -0.3 is 0 Å². The van der Waals surface area contributed by atoms with Gasteiger partial charge in [-0.25, -0.2) is 4.57 Å². The van der Waals surface area contributed by atoms with Crippen LogP contribution in [0.4, 0.5) is 0 Å². The maximum absolute atomic E-state index is 11.1. The number of aryl methyl sites for hydroxylation is 2. The second-order valence-corrected chi connectivity index (χ2v) is 2.96. The van der Waals surface area contributed by atoms with Gasteiger partial charge in [0, 0.05) is 17.2 Å². The molecule has 1 heterocycles. The number of hydrogen-bond donors (Lipinski definition) is 0. The van der Waals surface area contributed by atoms with Crippen molar-refractivity contribution in [2.75, 3.05) is 0 Å². The third-order valence-electron chi connectivity index (χ3n) is 1.94. The van der Waals surface area contributed by atoms with Gasteiger partial charge in [-0.15, -0.1) is 0 Å². The monoisotopic (exact) mass is 164 g/mol. The number of carbonyl (C=O) groups excluding carboxylic acids is 1. The Morgan fingerprint density at radius 2 is 2.25 bits per heavy atom. The highest BCUT2D eigenvalue weighted by molar-refractivity contribution is 5.95. The van der Waals surface area contributed by atoms with E-state index in [4.69, 9.17) is 0 Å². The fourth-order valence-electron chi connectivity index (χ4n) is 1.28. The lowest BCUT2D eigenvalue weighted by Crippen LogP contribution is -2.28. The quantitative estimate of drug-likeness (QED) is 0.476. The van der Waals surface area contributed by atoms with Crippen LogP contribution in [-0.2, 0) is 13.5 Å². The van der Waals surface area contributed by atoms with E-state index in [-0.39, 0.29) is 5.78 Å². The van der Waals surface area contributed by atoms with Gasteiger partial charge in [0.25, 0.3) is 0 Å². The first kappa shape index (κ1) is 8.91. The fraction of sp³-hybridized carbons (Fsp3) is 0.400. The largest absolute Gasteiger partial charge is 0.294 e. The van der Waals surface area contributed by atoms with Crippen molar-refractivity contribution in [2.24, 2.45) is 7.05 Å². The molecule has 0 aliphatic rings. The third-order valence-corrected chi connectivity index (χ3v) is 1.94. The van der Waals surface area contributed by atoms with Crippen LogP contribution in [0.5, 0.6) is 0 Å². The van der Waals surface area contributed by atoms with Crippen LogP contribution in [0.15, 0.2) is 18.5 Å². The van der Waals surface area contributed by atoms with Crippen molar-refractivity contribution >= 4 is 5.78 Å². The van der Waals surface area contributed by atoms with Gasteiger partial charge in [0.15, 0.2) is 18.2 Å². The molecule has 1 aromatic rings. The highest BCUT2D eigenvalue weighted by Crippen LogP contribution is 2.06. The number of carbonyl (C=O) groups is 1. The van der Waals surface area contributed by atoms with E-state index < -0.39 is 0 Å². The lowest BCUT2D eigenvalue weighted by molar-refractivity contribution is -0.671. The van der Waals surface area contributed by atoms with E-state index >= 15 is 0 Å². The number of ketones is 1. The SMILES string of the molecule is CCc1c[n+](C)ccc1C(C)=O. The van der Waals surface area contributed by atoms with Crippen molar-refractivity contribution in [3.05, 3.63) is 29.6 Å². The van der Waals surface area contributed by atoms with Crippen molar-refractivity contribution in [1.82, 2.24) is 0 Å². The molecule has 0 spiro atoms. The van der Waals surface area contributed by atoms with E-state index in [0.717, 1.165) is 17.5 Å². The normalized spacial score (nSPS) is 9.92. The molecule has 0 radical (unpaired) electrons. The summed E-state index contributed by atoms with van der Waals surface area (Å²) in [6.45, 7) is 3.66. The Hall–Kier alpha value is -1.18. The van der Waals surface area contributed by atoms with Crippen LogP contribution in [0.25, 0.3) is 0 Å². The highest BCUT2D eigenvalue weighted by Gasteiger charge is 2.08. The molecule has 0 bridgehead atoms. The molecule has 0 unspecified atom stereocenters. The number of aromatic nitrogens is 1. The fourth-order valence-corrected chi connectivity index (χ4v) is 1.28. The molecule has 0 saturated carbocycles. The first-order valence-electron chi connectivity index (χ1n) is 4.14. The number of nitrogens with zero attached hydrogens (tertiary/aromatic N) is 1. The van der Waals surface area contributed by atoms with Crippen molar-refractivity contribution in [1.29, 1.82) is 0 Å². The first-order chi connectivity index (χ1) is 5.65. The Balaban J connectivity index is 3.20. The van der Waals surface area contributed by atoms with Gasteiger partial charge >= 0.3 is 0 Å². The van der Waals surface area contributed by atoms with Gasteiger partial charge in [0.1, 0.15) is 7.05 Å². The summed E-state index contributed by atoms with van der Waals surface area (Å²) in [6, 6.07) is 1.88. The summed E-state index contributed by atoms with van der Waals surface area (Å²) in [4.78, 5) is 11.1. The minimum Gasteiger partial charge on any atom is -0.294 e. The highest BCUT2D eigenvalue weighted by atomic mass is 16.1. The predicted octanol–water partition coefficient (Wildman–Crippen LogP) is 1.28. The first-order valence-corrected chi connectivity index (χ1v) is 4.14. The van der Waals surface area contributed by atoms with Crippen molar-refractivity contribution < 1.29 is 9.36 Å². The van der Waals surface area contributed by atoms with Gasteiger partial charge in [-0.3, -0.25) is 4.79 Å². The number of rotatable bonds is 2. The van der Waals surface area contributed by atoms with Crippen LogP contribution in [0, 0.1) is 0 Å². The Morgan fingerprint density at radius 1 is 1.58 bits per heavy atom. The van der Waals surface area contributed by atoms with Gasteiger partial charge in [0.05, 0.1) is 0 Å². The topological polar surface area (TPSA) is 20.9 Å². The lowest BCUT2D eigenvalue weighted by Gasteiger charge is -2.00. The summed E-state index contributed by atoms with van der Waals surface area (Å²) in [5.41, 5.74) is 1.96. The van der Waals surface area contributed by atoms with Crippen LogP contribution < -0.4 is 4.57 Å². The maximum Gasteiger partial charge on any atom is 0.172 e. The Morgan fingerprint density at radius 3 is 2.75 bits per heavy atom. The average molecular weight is 164 g/mol. The molecule has 1 aromatic heterocycles. The van der Waals surface area contributed by atoms with Crippen LogP contribution >= 0.6 is 0 Å². The van der Waals surface area contributed by atoms with E-state index in [9.17, 15) is 4.79 Å². The third kappa shape index (κ3) is 1.70. The molecule has 0 aromatic carbocycles. The van der Waals surface area contributed by atoms with E-state index in [0.29, 0.717) is 0 Å². The molecule has 0 atom stereocenters. The summed E-state index contributed by atoms with van der Waals surface area (Å²) >= 11 is 0. The molecule has 0 N–H and O–H groups in total. The van der Waals surface area contributed by atoms with Crippen LogP contribution in [0.2, 0.25) is 0 Å². The Labute approximate surface area is 72.8 Å². The molecule has 12 heavy (non-hydrogen) atoms. The number of hydrogen-bond acceptors (Lipinski definition) is 1. The number of Topliss-reactive ketones (excluding diaryl/α,β-unsaturated/α-hetero) is 1. The summed E-state index contributed by atoms with van der Waals surface area (Å²) < 4.78 is 1.96. The summed E-state index contributed by atoms with van der Waals surface area (Å²) in [7, 11) is 1.96. The maximum atomic E-state index is 11.1. The van der Waals surface area contributed by atoms with E-state index in [1.807, 2.05) is 30.1 Å². The van der Waals surface area contributed by atoms with Crippen LogP contribution in [0.1, 0.15) is 29.8 Å². The van der Waals surface area contributed by atoms with Gasteiger partial charge in [0.2, 0.25) is 0 Å². The zero-order chi connectivity index (χ0) is 9.14.